The maximum absolute atomic E-state index is 12.6. The molecule has 0 bridgehead atoms. The first-order chi connectivity index (χ1) is 15.3. The fourth-order valence-electron chi connectivity index (χ4n) is 2.72. The third kappa shape index (κ3) is 6.99. The van der Waals surface area contributed by atoms with Gasteiger partial charge in [-0.1, -0.05) is 34.8 Å². The van der Waals surface area contributed by atoms with Crippen molar-refractivity contribution in [1.82, 2.24) is 0 Å². The molecule has 0 atom stereocenters. The molecule has 174 valence electrons. The van der Waals surface area contributed by atoms with Crippen LogP contribution < -0.4 is 14.8 Å². The molecule has 0 radical (unpaired) electrons. The lowest BCUT2D eigenvalue weighted by Gasteiger charge is -2.11. The SMILES string of the molecule is CS(=O)(=O)Nc1ccc(C(=O)Nc2ccc(S(=O)(=O)Nc3cc(Cl)cc(Cl)c3)cc2)c(Cl)c1. The van der Waals surface area contributed by atoms with E-state index in [1.807, 2.05) is 0 Å². The Kier molecular flexibility index (Phi) is 7.45. The van der Waals surface area contributed by atoms with E-state index < -0.39 is 26.0 Å². The van der Waals surface area contributed by atoms with E-state index >= 15 is 0 Å². The van der Waals surface area contributed by atoms with Crippen molar-refractivity contribution in [2.24, 2.45) is 0 Å². The lowest BCUT2D eigenvalue weighted by molar-refractivity contribution is 0.102. The summed E-state index contributed by atoms with van der Waals surface area (Å²) in [7, 11) is -7.42. The maximum atomic E-state index is 12.6. The Labute approximate surface area is 206 Å². The molecule has 8 nitrogen and oxygen atoms in total. The monoisotopic (exact) mass is 547 g/mol. The molecule has 0 spiro atoms. The Morgan fingerprint density at radius 1 is 0.727 bits per heavy atom. The van der Waals surface area contributed by atoms with Crippen LogP contribution in [0.1, 0.15) is 10.4 Å². The van der Waals surface area contributed by atoms with E-state index in [-0.39, 0.29) is 36.9 Å². The van der Waals surface area contributed by atoms with Crippen LogP contribution in [0.4, 0.5) is 17.1 Å². The molecule has 3 rings (SSSR count). The van der Waals surface area contributed by atoms with Crippen LogP contribution in [0.3, 0.4) is 0 Å². The smallest absolute Gasteiger partial charge is 0.261 e. The summed E-state index contributed by atoms with van der Waals surface area (Å²) < 4.78 is 52.5. The molecule has 1 amide bonds. The van der Waals surface area contributed by atoms with Crippen LogP contribution in [-0.2, 0) is 20.0 Å². The number of amides is 1. The van der Waals surface area contributed by atoms with E-state index in [2.05, 4.69) is 14.8 Å². The van der Waals surface area contributed by atoms with Gasteiger partial charge in [0.15, 0.2) is 0 Å². The second kappa shape index (κ2) is 9.78. The largest absolute Gasteiger partial charge is 0.322 e. The fourth-order valence-corrected chi connectivity index (χ4v) is 5.11. The summed E-state index contributed by atoms with van der Waals surface area (Å²) in [6.45, 7) is 0. The minimum atomic E-state index is -3.93. The van der Waals surface area contributed by atoms with Gasteiger partial charge in [0.1, 0.15) is 0 Å². The highest BCUT2D eigenvalue weighted by molar-refractivity contribution is 7.92. The highest BCUT2D eigenvalue weighted by atomic mass is 35.5. The molecule has 13 heteroatoms. The van der Waals surface area contributed by atoms with Crippen molar-refractivity contribution in [3.8, 4) is 0 Å². The molecule has 0 unspecified atom stereocenters. The Hall–Kier alpha value is -2.50. The molecular weight excluding hydrogens is 533 g/mol. The normalized spacial score (nSPS) is 11.6. The van der Waals surface area contributed by atoms with E-state index in [0.29, 0.717) is 5.69 Å². The highest BCUT2D eigenvalue weighted by Gasteiger charge is 2.16. The Balaban J connectivity index is 1.73. The summed E-state index contributed by atoms with van der Waals surface area (Å²) >= 11 is 17.9. The molecule has 0 aliphatic carbocycles. The number of rotatable bonds is 7. The second-order valence-corrected chi connectivity index (χ2v) is 11.5. The first-order valence-electron chi connectivity index (χ1n) is 9.00. The summed E-state index contributed by atoms with van der Waals surface area (Å²) in [4.78, 5) is 12.5. The van der Waals surface area contributed by atoms with Gasteiger partial charge in [0, 0.05) is 21.4 Å². The zero-order valence-electron chi connectivity index (χ0n) is 16.8. The van der Waals surface area contributed by atoms with Gasteiger partial charge in [-0.25, -0.2) is 16.8 Å². The number of anilines is 3. The molecule has 0 heterocycles. The number of carbonyl (C=O) groups excluding carboxylic acids is 1. The molecule has 0 saturated carbocycles. The topological polar surface area (TPSA) is 121 Å². The predicted molar refractivity (Wildman–Crippen MR) is 132 cm³/mol. The lowest BCUT2D eigenvalue weighted by atomic mass is 10.2. The Morgan fingerprint density at radius 3 is 1.85 bits per heavy atom. The van der Waals surface area contributed by atoms with Gasteiger partial charge >= 0.3 is 0 Å². The van der Waals surface area contributed by atoms with E-state index in [1.54, 1.807) is 0 Å². The fraction of sp³-hybridized carbons (Fsp3) is 0.0500. The minimum absolute atomic E-state index is 0.0322. The van der Waals surface area contributed by atoms with Crippen LogP contribution in [0.5, 0.6) is 0 Å². The van der Waals surface area contributed by atoms with Gasteiger partial charge in [-0.15, -0.1) is 0 Å². The van der Waals surface area contributed by atoms with E-state index in [9.17, 15) is 21.6 Å². The molecule has 0 aliphatic heterocycles. The van der Waals surface area contributed by atoms with Crippen LogP contribution in [0.25, 0.3) is 0 Å². The first-order valence-corrected chi connectivity index (χ1v) is 13.5. The van der Waals surface area contributed by atoms with Crippen molar-refractivity contribution in [3.05, 3.63) is 81.3 Å². The van der Waals surface area contributed by atoms with Gasteiger partial charge in [0.05, 0.1) is 27.4 Å². The number of sulfonamides is 2. The van der Waals surface area contributed by atoms with Crippen LogP contribution in [0.15, 0.2) is 65.6 Å². The number of hydrogen-bond acceptors (Lipinski definition) is 5. The van der Waals surface area contributed by atoms with Crippen molar-refractivity contribution in [2.45, 2.75) is 4.90 Å². The lowest BCUT2D eigenvalue weighted by Crippen LogP contribution is -2.15. The van der Waals surface area contributed by atoms with Gasteiger partial charge in [-0.3, -0.25) is 14.2 Å². The molecular formula is C20H16Cl3N3O5S2. The molecule has 0 aromatic heterocycles. The number of hydrogen-bond donors (Lipinski definition) is 3. The van der Waals surface area contributed by atoms with E-state index in [1.165, 1.54) is 60.7 Å². The van der Waals surface area contributed by atoms with Crippen LogP contribution >= 0.6 is 34.8 Å². The van der Waals surface area contributed by atoms with Gasteiger partial charge in [0.25, 0.3) is 15.9 Å². The number of benzene rings is 3. The maximum Gasteiger partial charge on any atom is 0.261 e. The van der Waals surface area contributed by atoms with Gasteiger partial charge in [-0.05, 0) is 60.7 Å². The third-order valence-electron chi connectivity index (χ3n) is 4.05. The summed E-state index contributed by atoms with van der Waals surface area (Å²) in [5.41, 5.74) is 0.835. The minimum Gasteiger partial charge on any atom is -0.322 e. The predicted octanol–water partition coefficient (Wildman–Crippen LogP) is 5.07. The summed E-state index contributed by atoms with van der Waals surface area (Å²) in [5.74, 6) is -0.562. The third-order valence-corrected chi connectivity index (χ3v) is 6.81. The standard InChI is InChI=1S/C20H16Cl3N3O5S2/c1-32(28,29)25-15-4-7-18(19(23)11-15)20(27)24-14-2-5-17(6-3-14)33(30,31)26-16-9-12(21)8-13(22)10-16/h2-11,25-26H,1H3,(H,24,27). The number of halogens is 3. The molecule has 0 saturated heterocycles. The van der Waals surface area contributed by atoms with Crippen LogP contribution in [-0.4, -0.2) is 29.0 Å². The second-order valence-electron chi connectivity index (χ2n) is 6.81. The van der Waals surface area contributed by atoms with Crippen molar-refractivity contribution >= 4 is 77.8 Å². The van der Waals surface area contributed by atoms with Gasteiger partial charge in [0.2, 0.25) is 10.0 Å². The first kappa shape index (κ1) is 25.1. The quantitative estimate of drug-likeness (QED) is 0.380. The average molecular weight is 549 g/mol. The van der Waals surface area contributed by atoms with E-state index in [0.717, 1.165) is 6.26 Å². The molecule has 0 aliphatic rings. The zero-order chi connectivity index (χ0) is 24.4. The van der Waals surface area contributed by atoms with Crippen LogP contribution in [0.2, 0.25) is 15.1 Å². The Bertz CT molecular complexity index is 1410. The van der Waals surface area contributed by atoms with E-state index in [4.69, 9.17) is 34.8 Å². The van der Waals surface area contributed by atoms with Gasteiger partial charge < -0.3 is 5.32 Å². The zero-order valence-corrected chi connectivity index (χ0v) is 20.7. The van der Waals surface area contributed by atoms with Crippen LogP contribution in [0, 0.1) is 0 Å². The number of carbonyl (C=O) groups is 1. The number of nitrogens with one attached hydrogen (secondary N) is 3. The summed E-state index contributed by atoms with van der Waals surface area (Å²) in [5, 5.41) is 3.18. The molecule has 3 N–H and O–H groups in total. The Morgan fingerprint density at radius 2 is 1.30 bits per heavy atom. The molecule has 3 aromatic carbocycles. The summed E-state index contributed by atoms with van der Waals surface area (Å²) in [6.07, 6.45) is 0.991. The van der Waals surface area contributed by atoms with Crippen molar-refractivity contribution in [3.63, 3.8) is 0 Å². The average Bonchev–Trinajstić information content (AvgIpc) is 2.66. The molecule has 0 fully saturated rings. The molecule has 33 heavy (non-hydrogen) atoms. The van der Waals surface area contributed by atoms with Crippen molar-refractivity contribution < 1.29 is 21.6 Å². The summed E-state index contributed by atoms with van der Waals surface area (Å²) in [6, 6.07) is 13.8. The van der Waals surface area contributed by atoms with Crippen molar-refractivity contribution in [1.29, 1.82) is 0 Å². The van der Waals surface area contributed by atoms with Crippen molar-refractivity contribution in [2.75, 3.05) is 21.0 Å². The highest BCUT2D eigenvalue weighted by Crippen LogP contribution is 2.26. The molecule has 3 aromatic rings. The van der Waals surface area contributed by atoms with Gasteiger partial charge in [-0.2, -0.15) is 0 Å².